The monoisotopic (exact) mass is 305 g/mol. The number of imidazole rings is 1. The zero-order valence-electron chi connectivity index (χ0n) is 12.8. The molecular formula is C17H15N5O. The quantitative estimate of drug-likeness (QED) is 0.748. The lowest BCUT2D eigenvalue weighted by Crippen LogP contribution is -2.15. The Morgan fingerprint density at radius 1 is 1.30 bits per heavy atom. The molecule has 3 rings (SSSR count). The number of fused-ring (bicyclic) bond motifs is 1. The summed E-state index contributed by atoms with van der Waals surface area (Å²) in [5.74, 6) is -0.240. The normalized spacial score (nSPS) is 11.9. The van der Waals surface area contributed by atoms with Crippen LogP contribution < -0.4 is 4.90 Å². The fourth-order valence-electron chi connectivity index (χ4n) is 2.34. The summed E-state index contributed by atoms with van der Waals surface area (Å²) < 4.78 is 0. The van der Waals surface area contributed by atoms with E-state index >= 15 is 0 Å². The molecule has 0 unspecified atom stereocenters. The molecule has 114 valence electrons. The minimum atomic E-state index is -0.972. The second-order valence-electron chi connectivity index (χ2n) is 5.36. The van der Waals surface area contributed by atoms with E-state index in [0.29, 0.717) is 17.2 Å². The molecule has 1 atom stereocenters. The van der Waals surface area contributed by atoms with E-state index in [1.807, 2.05) is 44.4 Å². The van der Waals surface area contributed by atoms with Crippen molar-refractivity contribution in [2.24, 2.45) is 0 Å². The van der Waals surface area contributed by atoms with Gasteiger partial charge in [0.2, 0.25) is 0 Å². The molecule has 6 nitrogen and oxygen atoms in total. The lowest BCUT2D eigenvalue weighted by atomic mass is 9.99. The van der Waals surface area contributed by atoms with E-state index in [-0.39, 0.29) is 5.78 Å². The van der Waals surface area contributed by atoms with E-state index in [1.54, 1.807) is 23.2 Å². The van der Waals surface area contributed by atoms with Gasteiger partial charge in [-0.25, -0.2) is 9.97 Å². The van der Waals surface area contributed by atoms with E-state index < -0.39 is 5.92 Å². The molecule has 0 radical (unpaired) electrons. The van der Waals surface area contributed by atoms with Crippen LogP contribution in [0, 0.1) is 11.3 Å². The molecule has 0 aliphatic heterocycles. The fourth-order valence-corrected chi connectivity index (χ4v) is 2.34. The molecule has 2 aromatic heterocycles. The third-order valence-corrected chi connectivity index (χ3v) is 3.56. The summed E-state index contributed by atoms with van der Waals surface area (Å²) in [7, 11) is 3.69. The number of aromatic nitrogens is 3. The van der Waals surface area contributed by atoms with Crippen LogP contribution in [0.5, 0.6) is 0 Å². The van der Waals surface area contributed by atoms with Gasteiger partial charge in [-0.05, 0) is 24.3 Å². The van der Waals surface area contributed by atoms with Gasteiger partial charge in [-0.2, -0.15) is 5.26 Å². The standard InChI is InChI=1S/C17H15N5O/c1-22(2)15-9-11(7-8-19-15)16(23)12(10-18)17-20-13-5-3-4-6-14(13)21-17/h3-9,12H,1-2H3,(H,20,21)/t12-/m1/s1. The Morgan fingerprint density at radius 3 is 2.78 bits per heavy atom. The summed E-state index contributed by atoms with van der Waals surface area (Å²) in [5, 5.41) is 9.46. The van der Waals surface area contributed by atoms with E-state index in [2.05, 4.69) is 15.0 Å². The number of rotatable bonds is 4. The maximum Gasteiger partial charge on any atom is 0.187 e. The molecular weight excluding hydrogens is 290 g/mol. The molecule has 0 bridgehead atoms. The molecule has 1 N–H and O–H groups in total. The van der Waals surface area contributed by atoms with Crippen molar-refractivity contribution in [3.05, 3.63) is 54.0 Å². The fraction of sp³-hybridized carbons (Fsp3) is 0.176. The van der Waals surface area contributed by atoms with E-state index in [0.717, 1.165) is 11.0 Å². The van der Waals surface area contributed by atoms with Crippen molar-refractivity contribution >= 4 is 22.6 Å². The molecule has 0 aliphatic rings. The summed E-state index contributed by atoms with van der Waals surface area (Å²) in [6, 6.07) is 12.8. The smallest absolute Gasteiger partial charge is 0.187 e. The van der Waals surface area contributed by atoms with Crippen LogP contribution in [0.25, 0.3) is 11.0 Å². The first-order valence-corrected chi connectivity index (χ1v) is 7.12. The second-order valence-corrected chi connectivity index (χ2v) is 5.36. The van der Waals surface area contributed by atoms with E-state index in [4.69, 9.17) is 0 Å². The van der Waals surface area contributed by atoms with Crippen LogP contribution in [0.4, 0.5) is 5.82 Å². The second kappa shape index (κ2) is 5.89. The van der Waals surface area contributed by atoms with Crippen LogP contribution in [0.15, 0.2) is 42.6 Å². The molecule has 0 aliphatic carbocycles. The molecule has 3 aromatic rings. The van der Waals surface area contributed by atoms with Gasteiger partial charge in [0.15, 0.2) is 11.7 Å². The number of carbonyl (C=O) groups excluding carboxylic acids is 1. The number of nitriles is 1. The average Bonchev–Trinajstić information content (AvgIpc) is 2.99. The van der Waals surface area contributed by atoms with Gasteiger partial charge < -0.3 is 9.88 Å². The molecule has 6 heteroatoms. The van der Waals surface area contributed by atoms with Crippen molar-refractivity contribution in [1.29, 1.82) is 5.26 Å². The van der Waals surface area contributed by atoms with Crippen molar-refractivity contribution in [3.8, 4) is 6.07 Å². The van der Waals surface area contributed by atoms with Crippen LogP contribution in [0.1, 0.15) is 22.1 Å². The van der Waals surface area contributed by atoms with Crippen LogP contribution in [-0.2, 0) is 0 Å². The van der Waals surface area contributed by atoms with Gasteiger partial charge in [0, 0.05) is 25.9 Å². The Morgan fingerprint density at radius 2 is 2.09 bits per heavy atom. The number of aromatic amines is 1. The minimum absolute atomic E-state index is 0.294. The Labute approximate surface area is 133 Å². The summed E-state index contributed by atoms with van der Waals surface area (Å²) >= 11 is 0. The van der Waals surface area contributed by atoms with Gasteiger partial charge >= 0.3 is 0 Å². The number of pyridine rings is 1. The van der Waals surface area contributed by atoms with Crippen LogP contribution in [-0.4, -0.2) is 34.8 Å². The first-order chi connectivity index (χ1) is 11.1. The lowest BCUT2D eigenvalue weighted by Gasteiger charge is -2.12. The van der Waals surface area contributed by atoms with Gasteiger partial charge in [-0.1, -0.05) is 12.1 Å². The Kier molecular flexibility index (Phi) is 3.77. The number of H-pyrrole nitrogens is 1. The van der Waals surface area contributed by atoms with Crippen molar-refractivity contribution in [2.75, 3.05) is 19.0 Å². The van der Waals surface area contributed by atoms with Gasteiger partial charge in [0.25, 0.3) is 0 Å². The first kappa shape index (κ1) is 14.7. The maximum atomic E-state index is 12.7. The summed E-state index contributed by atoms with van der Waals surface area (Å²) in [6.45, 7) is 0. The van der Waals surface area contributed by atoms with Gasteiger partial charge in [0.1, 0.15) is 11.6 Å². The third kappa shape index (κ3) is 2.77. The molecule has 0 amide bonds. The maximum absolute atomic E-state index is 12.7. The van der Waals surface area contributed by atoms with Crippen molar-refractivity contribution in [2.45, 2.75) is 5.92 Å². The Hall–Kier alpha value is -3.20. The topological polar surface area (TPSA) is 85.7 Å². The molecule has 0 saturated heterocycles. The Bertz CT molecular complexity index is 873. The predicted molar refractivity (Wildman–Crippen MR) is 87.3 cm³/mol. The summed E-state index contributed by atoms with van der Waals surface area (Å²) in [5.41, 5.74) is 1.98. The number of hydrogen-bond donors (Lipinski definition) is 1. The number of nitrogens with zero attached hydrogens (tertiary/aromatic N) is 4. The number of nitrogens with one attached hydrogen (secondary N) is 1. The highest BCUT2D eigenvalue weighted by Gasteiger charge is 2.25. The largest absolute Gasteiger partial charge is 0.363 e. The van der Waals surface area contributed by atoms with Gasteiger partial charge in [-0.15, -0.1) is 0 Å². The van der Waals surface area contributed by atoms with Crippen molar-refractivity contribution in [3.63, 3.8) is 0 Å². The number of hydrogen-bond acceptors (Lipinski definition) is 5. The van der Waals surface area contributed by atoms with Crippen molar-refractivity contribution < 1.29 is 4.79 Å². The van der Waals surface area contributed by atoms with Crippen LogP contribution in [0.2, 0.25) is 0 Å². The number of carbonyl (C=O) groups is 1. The molecule has 0 fully saturated rings. The van der Waals surface area contributed by atoms with E-state index in [1.165, 1.54) is 0 Å². The molecule has 1 aromatic carbocycles. The Balaban J connectivity index is 1.99. The number of ketones is 1. The average molecular weight is 305 g/mol. The lowest BCUT2D eigenvalue weighted by molar-refractivity contribution is 0.0976. The van der Waals surface area contributed by atoms with Gasteiger partial charge in [0.05, 0.1) is 17.1 Å². The van der Waals surface area contributed by atoms with Crippen LogP contribution >= 0.6 is 0 Å². The highest BCUT2D eigenvalue weighted by atomic mass is 16.1. The highest BCUT2D eigenvalue weighted by molar-refractivity contribution is 6.03. The number of benzene rings is 1. The SMILES string of the molecule is CN(C)c1cc(C(=O)[C@@H](C#N)c2nc3ccccc3[nH]2)ccn1. The zero-order chi connectivity index (χ0) is 16.4. The molecule has 0 saturated carbocycles. The number of Topliss-reactive ketones (excluding diaryl/α,β-unsaturated/α-hetero) is 1. The molecule has 0 spiro atoms. The zero-order valence-corrected chi connectivity index (χ0v) is 12.8. The number of anilines is 1. The molecule has 23 heavy (non-hydrogen) atoms. The highest BCUT2D eigenvalue weighted by Crippen LogP contribution is 2.22. The first-order valence-electron chi connectivity index (χ1n) is 7.12. The summed E-state index contributed by atoms with van der Waals surface area (Å²) in [6.07, 6.45) is 1.57. The van der Waals surface area contributed by atoms with Crippen LogP contribution in [0.3, 0.4) is 0 Å². The predicted octanol–water partition coefficient (Wildman–Crippen LogP) is 2.51. The number of para-hydroxylation sites is 2. The van der Waals surface area contributed by atoms with Gasteiger partial charge in [-0.3, -0.25) is 4.79 Å². The molecule has 2 heterocycles. The minimum Gasteiger partial charge on any atom is -0.363 e. The van der Waals surface area contributed by atoms with Crippen molar-refractivity contribution in [1.82, 2.24) is 15.0 Å². The third-order valence-electron chi connectivity index (χ3n) is 3.56. The van der Waals surface area contributed by atoms with E-state index in [9.17, 15) is 10.1 Å². The summed E-state index contributed by atoms with van der Waals surface area (Å²) in [4.78, 5) is 26.1.